The molecular formula is C14H16FN3O2S. The van der Waals surface area contributed by atoms with Crippen molar-refractivity contribution in [3.63, 3.8) is 0 Å². The van der Waals surface area contributed by atoms with Gasteiger partial charge in [-0.3, -0.25) is 4.57 Å². The Morgan fingerprint density at radius 3 is 2.76 bits per heavy atom. The summed E-state index contributed by atoms with van der Waals surface area (Å²) in [6.45, 7) is -0.287. The molecular weight excluding hydrogens is 293 g/mol. The summed E-state index contributed by atoms with van der Waals surface area (Å²) in [6, 6.07) is 6.80. The standard InChI is InChI=1S/C14H16FN3O2S/c15-12-4-2-1-3-11(12)13-16-17-14(18(13)9-5-6-9)21-8-10(20)7-19/h1-4,9-10,19-20H,5-8H2. The fourth-order valence-corrected chi connectivity index (χ4v) is 3.01. The normalized spacial score (nSPS) is 16.1. The highest BCUT2D eigenvalue weighted by atomic mass is 32.2. The van der Waals surface area contributed by atoms with E-state index < -0.39 is 6.10 Å². The van der Waals surface area contributed by atoms with Crippen molar-refractivity contribution in [2.75, 3.05) is 12.4 Å². The number of aliphatic hydroxyl groups is 2. The second kappa shape index (κ2) is 6.13. The van der Waals surface area contributed by atoms with Crippen molar-refractivity contribution >= 4 is 11.8 Å². The molecule has 112 valence electrons. The third-order valence-electron chi connectivity index (χ3n) is 3.31. The van der Waals surface area contributed by atoms with E-state index in [4.69, 9.17) is 5.11 Å². The summed E-state index contributed by atoms with van der Waals surface area (Å²) in [5.41, 5.74) is 0.437. The highest BCUT2D eigenvalue weighted by molar-refractivity contribution is 7.99. The van der Waals surface area contributed by atoms with E-state index >= 15 is 0 Å². The lowest BCUT2D eigenvalue weighted by molar-refractivity contribution is 0.113. The highest BCUT2D eigenvalue weighted by Gasteiger charge is 2.31. The Morgan fingerprint density at radius 2 is 2.10 bits per heavy atom. The second-order valence-electron chi connectivity index (χ2n) is 5.03. The van der Waals surface area contributed by atoms with Crippen molar-refractivity contribution in [2.45, 2.75) is 30.1 Å². The van der Waals surface area contributed by atoms with E-state index in [1.165, 1.54) is 17.8 Å². The molecule has 1 fully saturated rings. The van der Waals surface area contributed by atoms with E-state index in [0.29, 0.717) is 28.3 Å². The first-order chi connectivity index (χ1) is 10.2. The van der Waals surface area contributed by atoms with Crippen LogP contribution in [0, 0.1) is 5.82 Å². The van der Waals surface area contributed by atoms with Crippen LogP contribution in [0.2, 0.25) is 0 Å². The number of benzene rings is 1. The van der Waals surface area contributed by atoms with E-state index in [0.717, 1.165) is 12.8 Å². The summed E-state index contributed by atoms with van der Waals surface area (Å²) in [5.74, 6) is 0.536. The molecule has 1 aliphatic rings. The van der Waals surface area contributed by atoms with Crippen molar-refractivity contribution in [2.24, 2.45) is 0 Å². The van der Waals surface area contributed by atoms with E-state index in [9.17, 15) is 9.50 Å². The average molecular weight is 309 g/mol. The molecule has 1 saturated carbocycles. The van der Waals surface area contributed by atoms with Crippen LogP contribution >= 0.6 is 11.8 Å². The monoisotopic (exact) mass is 309 g/mol. The Labute approximate surface area is 125 Å². The van der Waals surface area contributed by atoms with Crippen LogP contribution < -0.4 is 0 Å². The molecule has 1 aromatic heterocycles. The molecule has 2 N–H and O–H groups in total. The summed E-state index contributed by atoms with van der Waals surface area (Å²) < 4.78 is 15.9. The number of hydrogen-bond donors (Lipinski definition) is 2. The minimum Gasteiger partial charge on any atom is -0.394 e. The smallest absolute Gasteiger partial charge is 0.191 e. The lowest BCUT2D eigenvalue weighted by Crippen LogP contribution is -2.15. The summed E-state index contributed by atoms with van der Waals surface area (Å²) in [6.07, 6.45) is 1.25. The fraction of sp³-hybridized carbons (Fsp3) is 0.429. The van der Waals surface area contributed by atoms with E-state index in [-0.39, 0.29) is 12.4 Å². The van der Waals surface area contributed by atoms with Gasteiger partial charge in [0, 0.05) is 11.8 Å². The molecule has 7 heteroatoms. The third kappa shape index (κ3) is 3.09. The number of aromatic nitrogens is 3. The number of rotatable bonds is 6. The van der Waals surface area contributed by atoms with E-state index in [1.54, 1.807) is 18.2 Å². The van der Waals surface area contributed by atoms with Gasteiger partial charge in [-0.15, -0.1) is 10.2 Å². The van der Waals surface area contributed by atoms with Gasteiger partial charge >= 0.3 is 0 Å². The quantitative estimate of drug-likeness (QED) is 0.797. The highest BCUT2D eigenvalue weighted by Crippen LogP contribution is 2.41. The number of halogens is 1. The van der Waals surface area contributed by atoms with Gasteiger partial charge in [-0.05, 0) is 25.0 Å². The Morgan fingerprint density at radius 1 is 1.33 bits per heavy atom. The molecule has 0 spiro atoms. The maximum absolute atomic E-state index is 14.0. The van der Waals surface area contributed by atoms with Gasteiger partial charge in [-0.2, -0.15) is 0 Å². The summed E-state index contributed by atoms with van der Waals surface area (Å²) in [4.78, 5) is 0. The van der Waals surface area contributed by atoms with Gasteiger partial charge in [0.2, 0.25) is 0 Å². The first-order valence-corrected chi connectivity index (χ1v) is 7.80. The lowest BCUT2D eigenvalue weighted by atomic mass is 10.2. The SMILES string of the molecule is OCC(O)CSc1nnc(-c2ccccc2F)n1C1CC1. The molecule has 2 aromatic rings. The van der Waals surface area contributed by atoms with Crippen LogP contribution in [0.3, 0.4) is 0 Å². The molecule has 0 radical (unpaired) electrons. The maximum Gasteiger partial charge on any atom is 0.191 e. The molecule has 5 nitrogen and oxygen atoms in total. The molecule has 3 rings (SSSR count). The van der Waals surface area contributed by atoms with Crippen LogP contribution in [0.25, 0.3) is 11.4 Å². The first kappa shape index (κ1) is 14.5. The minimum absolute atomic E-state index is 0.287. The lowest BCUT2D eigenvalue weighted by Gasteiger charge is -2.10. The largest absolute Gasteiger partial charge is 0.394 e. The molecule has 1 heterocycles. The number of aliphatic hydroxyl groups excluding tert-OH is 2. The summed E-state index contributed by atoms with van der Waals surface area (Å²) >= 11 is 1.33. The van der Waals surface area contributed by atoms with Crippen molar-refractivity contribution in [3.05, 3.63) is 30.1 Å². The van der Waals surface area contributed by atoms with Crippen molar-refractivity contribution in [1.29, 1.82) is 0 Å². The van der Waals surface area contributed by atoms with Gasteiger partial charge in [0.05, 0.1) is 18.3 Å². The maximum atomic E-state index is 14.0. The summed E-state index contributed by atoms with van der Waals surface area (Å²) in [5, 5.41) is 27.2. The van der Waals surface area contributed by atoms with Gasteiger partial charge in [0.15, 0.2) is 11.0 Å². The van der Waals surface area contributed by atoms with Crippen LogP contribution in [-0.2, 0) is 0 Å². The second-order valence-corrected chi connectivity index (χ2v) is 6.02. The molecule has 0 bridgehead atoms. The molecule has 1 aromatic carbocycles. The zero-order valence-corrected chi connectivity index (χ0v) is 12.1. The summed E-state index contributed by atoms with van der Waals surface area (Å²) in [7, 11) is 0. The molecule has 0 aliphatic heterocycles. The Hall–Kier alpha value is -1.44. The number of nitrogens with zero attached hydrogens (tertiary/aromatic N) is 3. The molecule has 1 aliphatic carbocycles. The molecule has 1 unspecified atom stereocenters. The predicted molar refractivity (Wildman–Crippen MR) is 77.5 cm³/mol. The van der Waals surface area contributed by atoms with Gasteiger partial charge in [-0.25, -0.2) is 4.39 Å². The molecule has 1 atom stereocenters. The van der Waals surface area contributed by atoms with Crippen LogP contribution in [-0.4, -0.2) is 43.4 Å². The van der Waals surface area contributed by atoms with Gasteiger partial charge in [0.1, 0.15) is 5.82 Å². The molecule has 0 saturated heterocycles. The average Bonchev–Trinajstić information content (AvgIpc) is 3.25. The van der Waals surface area contributed by atoms with Crippen molar-refractivity contribution < 1.29 is 14.6 Å². The Bertz CT molecular complexity index is 630. The van der Waals surface area contributed by atoms with Crippen LogP contribution in [0.5, 0.6) is 0 Å². The van der Waals surface area contributed by atoms with Gasteiger partial charge in [-0.1, -0.05) is 23.9 Å². The first-order valence-electron chi connectivity index (χ1n) is 6.82. The molecule has 0 amide bonds. The Kier molecular flexibility index (Phi) is 4.23. The zero-order chi connectivity index (χ0) is 14.8. The molecule has 21 heavy (non-hydrogen) atoms. The minimum atomic E-state index is -0.795. The van der Waals surface area contributed by atoms with E-state index in [2.05, 4.69) is 10.2 Å². The zero-order valence-electron chi connectivity index (χ0n) is 11.3. The van der Waals surface area contributed by atoms with Crippen LogP contribution in [0.4, 0.5) is 4.39 Å². The van der Waals surface area contributed by atoms with Crippen molar-refractivity contribution in [1.82, 2.24) is 14.8 Å². The van der Waals surface area contributed by atoms with Gasteiger partial charge in [0.25, 0.3) is 0 Å². The van der Waals surface area contributed by atoms with Crippen LogP contribution in [0.1, 0.15) is 18.9 Å². The van der Waals surface area contributed by atoms with E-state index in [1.807, 2.05) is 4.57 Å². The van der Waals surface area contributed by atoms with Crippen LogP contribution in [0.15, 0.2) is 29.4 Å². The third-order valence-corrected chi connectivity index (χ3v) is 4.39. The Balaban J connectivity index is 1.92. The number of thioether (sulfide) groups is 1. The fourth-order valence-electron chi connectivity index (χ4n) is 2.09. The topological polar surface area (TPSA) is 71.2 Å². The van der Waals surface area contributed by atoms with Crippen molar-refractivity contribution in [3.8, 4) is 11.4 Å². The van der Waals surface area contributed by atoms with Gasteiger partial charge < -0.3 is 10.2 Å². The number of hydrogen-bond acceptors (Lipinski definition) is 5. The predicted octanol–water partition coefficient (Wildman–Crippen LogP) is 1.86.